The number of ether oxygens (including phenoxy) is 1. The minimum absolute atomic E-state index is 0.00244. The number of hydrogen-bond donors (Lipinski definition) is 2. The number of rotatable bonds is 6. The highest BCUT2D eigenvalue weighted by molar-refractivity contribution is 5.93. The maximum Gasteiger partial charge on any atom is 0.224 e. The molecule has 0 saturated heterocycles. The van der Waals surface area contributed by atoms with Gasteiger partial charge < -0.3 is 15.8 Å². The van der Waals surface area contributed by atoms with Gasteiger partial charge in [0.05, 0.1) is 17.5 Å². The molecule has 4 nitrogen and oxygen atoms in total. The molecule has 0 atom stereocenters. The van der Waals surface area contributed by atoms with Crippen LogP contribution >= 0.6 is 0 Å². The van der Waals surface area contributed by atoms with Crippen LogP contribution in [0, 0.1) is 0 Å². The molecule has 1 saturated carbocycles. The first-order valence-corrected chi connectivity index (χ1v) is 8.01. The van der Waals surface area contributed by atoms with Crippen molar-refractivity contribution in [2.24, 2.45) is 0 Å². The van der Waals surface area contributed by atoms with Gasteiger partial charge in [-0.05, 0) is 31.4 Å². The summed E-state index contributed by atoms with van der Waals surface area (Å²) in [6.07, 6.45) is 9.20. The lowest BCUT2D eigenvalue weighted by Gasteiger charge is -2.15. The standard InChI is InChI=1S/C17H26N2O2/c18-15-10-5-6-11-16(15)19-17(20)12-7-13-21-14-8-3-1-2-4-9-14/h5-6,10-11,14H,1-4,7-9,12-13,18H2,(H,19,20). The molecule has 0 aliphatic heterocycles. The summed E-state index contributed by atoms with van der Waals surface area (Å²) in [5, 5.41) is 2.84. The summed E-state index contributed by atoms with van der Waals surface area (Å²) in [4.78, 5) is 11.8. The first-order chi connectivity index (χ1) is 10.3. The van der Waals surface area contributed by atoms with E-state index in [1.54, 1.807) is 6.07 Å². The van der Waals surface area contributed by atoms with Crippen molar-refractivity contribution in [1.29, 1.82) is 0 Å². The molecule has 116 valence electrons. The Kier molecular flexibility index (Phi) is 6.54. The Balaban J connectivity index is 1.62. The number of carbonyl (C=O) groups excluding carboxylic acids is 1. The Morgan fingerprint density at radius 1 is 1.19 bits per heavy atom. The van der Waals surface area contributed by atoms with E-state index in [4.69, 9.17) is 10.5 Å². The summed E-state index contributed by atoms with van der Waals surface area (Å²) in [6, 6.07) is 7.31. The largest absolute Gasteiger partial charge is 0.397 e. The Morgan fingerprint density at radius 2 is 1.90 bits per heavy atom. The average Bonchev–Trinajstić information content (AvgIpc) is 2.75. The van der Waals surface area contributed by atoms with Crippen molar-refractivity contribution in [3.05, 3.63) is 24.3 Å². The van der Waals surface area contributed by atoms with E-state index in [1.807, 2.05) is 18.2 Å². The average molecular weight is 290 g/mol. The van der Waals surface area contributed by atoms with Crippen LogP contribution < -0.4 is 11.1 Å². The number of para-hydroxylation sites is 2. The summed E-state index contributed by atoms with van der Waals surface area (Å²) in [6.45, 7) is 0.669. The highest BCUT2D eigenvalue weighted by Crippen LogP contribution is 2.20. The third-order valence-corrected chi connectivity index (χ3v) is 3.94. The Morgan fingerprint density at radius 3 is 2.62 bits per heavy atom. The van der Waals surface area contributed by atoms with Crippen LogP contribution in [0.4, 0.5) is 11.4 Å². The predicted octanol–water partition coefficient (Wildman–Crippen LogP) is 3.73. The zero-order valence-corrected chi connectivity index (χ0v) is 12.6. The second-order valence-electron chi connectivity index (χ2n) is 5.72. The molecule has 4 heteroatoms. The summed E-state index contributed by atoms with van der Waals surface area (Å²) < 4.78 is 5.88. The van der Waals surface area contributed by atoms with E-state index in [0.717, 1.165) is 6.42 Å². The lowest BCUT2D eigenvalue weighted by molar-refractivity contribution is -0.116. The molecule has 0 radical (unpaired) electrons. The van der Waals surface area contributed by atoms with Crippen LogP contribution in [0.5, 0.6) is 0 Å². The Labute approximate surface area is 127 Å². The van der Waals surface area contributed by atoms with E-state index in [1.165, 1.54) is 38.5 Å². The predicted molar refractivity (Wildman–Crippen MR) is 86.2 cm³/mol. The van der Waals surface area contributed by atoms with Crippen molar-refractivity contribution >= 4 is 17.3 Å². The number of anilines is 2. The van der Waals surface area contributed by atoms with Gasteiger partial charge in [0, 0.05) is 13.0 Å². The van der Waals surface area contributed by atoms with E-state index in [2.05, 4.69) is 5.32 Å². The fraction of sp³-hybridized carbons (Fsp3) is 0.588. The molecule has 2 rings (SSSR count). The van der Waals surface area contributed by atoms with Crippen LogP contribution in [0.25, 0.3) is 0 Å². The maximum atomic E-state index is 11.8. The number of nitrogens with one attached hydrogen (secondary N) is 1. The van der Waals surface area contributed by atoms with Gasteiger partial charge in [-0.15, -0.1) is 0 Å². The van der Waals surface area contributed by atoms with Crippen molar-refractivity contribution < 1.29 is 9.53 Å². The lowest BCUT2D eigenvalue weighted by atomic mass is 10.1. The first kappa shape index (κ1) is 15.8. The molecule has 1 amide bonds. The van der Waals surface area contributed by atoms with Gasteiger partial charge in [-0.3, -0.25) is 4.79 Å². The molecule has 0 heterocycles. The lowest BCUT2D eigenvalue weighted by Crippen LogP contribution is -2.16. The monoisotopic (exact) mass is 290 g/mol. The van der Waals surface area contributed by atoms with Crippen LogP contribution in [0.3, 0.4) is 0 Å². The second kappa shape index (κ2) is 8.67. The highest BCUT2D eigenvalue weighted by atomic mass is 16.5. The fourth-order valence-corrected chi connectivity index (χ4v) is 2.71. The van der Waals surface area contributed by atoms with Crippen molar-refractivity contribution in [2.75, 3.05) is 17.7 Å². The Bertz CT molecular complexity index is 440. The summed E-state index contributed by atoms with van der Waals surface area (Å²) in [5.41, 5.74) is 7.08. The van der Waals surface area contributed by atoms with Crippen LogP contribution in [-0.4, -0.2) is 18.6 Å². The van der Waals surface area contributed by atoms with Gasteiger partial charge in [0.25, 0.3) is 0 Å². The first-order valence-electron chi connectivity index (χ1n) is 8.01. The molecule has 1 fully saturated rings. The van der Waals surface area contributed by atoms with E-state index in [0.29, 0.717) is 30.5 Å². The number of benzene rings is 1. The molecule has 0 aromatic heterocycles. The van der Waals surface area contributed by atoms with Gasteiger partial charge >= 0.3 is 0 Å². The summed E-state index contributed by atoms with van der Waals surface area (Å²) >= 11 is 0. The van der Waals surface area contributed by atoms with Crippen molar-refractivity contribution in [1.82, 2.24) is 0 Å². The molecule has 1 aliphatic rings. The van der Waals surface area contributed by atoms with Crippen LogP contribution in [-0.2, 0) is 9.53 Å². The maximum absolute atomic E-state index is 11.8. The molecule has 1 aromatic rings. The van der Waals surface area contributed by atoms with Crippen molar-refractivity contribution in [3.8, 4) is 0 Å². The van der Waals surface area contributed by atoms with Gasteiger partial charge in [-0.1, -0.05) is 37.8 Å². The minimum atomic E-state index is -0.00244. The molecule has 0 bridgehead atoms. The smallest absolute Gasteiger partial charge is 0.224 e. The van der Waals surface area contributed by atoms with Crippen molar-refractivity contribution in [3.63, 3.8) is 0 Å². The minimum Gasteiger partial charge on any atom is -0.397 e. The third kappa shape index (κ3) is 5.76. The topological polar surface area (TPSA) is 64.3 Å². The normalized spacial score (nSPS) is 16.4. The third-order valence-electron chi connectivity index (χ3n) is 3.94. The van der Waals surface area contributed by atoms with Gasteiger partial charge in [0.1, 0.15) is 0 Å². The molecule has 1 aromatic carbocycles. The van der Waals surface area contributed by atoms with Gasteiger partial charge in [0.15, 0.2) is 0 Å². The van der Waals surface area contributed by atoms with Crippen molar-refractivity contribution in [2.45, 2.75) is 57.5 Å². The zero-order chi connectivity index (χ0) is 14.9. The Hall–Kier alpha value is -1.55. The van der Waals surface area contributed by atoms with Gasteiger partial charge in [-0.25, -0.2) is 0 Å². The van der Waals surface area contributed by atoms with E-state index < -0.39 is 0 Å². The van der Waals surface area contributed by atoms with Gasteiger partial charge in [0.2, 0.25) is 5.91 Å². The summed E-state index contributed by atoms with van der Waals surface area (Å²) in [7, 11) is 0. The van der Waals surface area contributed by atoms with Crippen LogP contribution in [0.2, 0.25) is 0 Å². The van der Waals surface area contributed by atoms with E-state index in [9.17, 15) is 4.79 Å². The van der Waals surface area contributed by atoms with Crippen LogP contribution in [0.1, 0.15) is 51.4 Å². The molecular formula is C17H26N2O2. The quantitative estimate of drug-likeness (QED) is 0.476. The number of carbonyl (C=O) groups is 1. The van der Waals surface area contributed by atoms with E-state index >= 15 is 0 Å². The fourth-order valence-electron chi connectivity index (χ4n) is 2.71. The highest BCUT2D eigenvalue weighted by Gasteiger charge is 2.12. The second-order valence-corrected chi connectivity index (χ2v) is 5.72. The van der Waals surface area contributed by atoms with Gasteiger partial charge in [-0.2, -0.15) is 0 Å². The molecular weight excluding hydrogens is 264 g/mol. The summed E-state index contributed by atoms with van der Waals surface area (Å²) in [5.74, 6) is -0.00244. The number of nitrogen functional groups attached to an aromatic ring is 1. The van der Waals surface area contributed by atoms with Crippen LogP contribution in [0.15, 0.2) is 24.3 Å². The number of hydrogen-bond acceptors (Lipinski definition) is 3. The molecule has 3 N–H and O–H groups in total. The molecule has 0 unspecified atom stereocenters. The number of amides is 1. The molecule has 1 aliphatic carbocycles. The molecule has 21 heavy (non-hydrogen) atoms. The SMILES string of the molecule is Nc1ccccc1NC(=O)CCCOC1CCCCCC1. The number of nitrogens with two attached hydrogens (primary N) is 1. The zero-order valence-electron chi connectivity index (χ0n) is 12.6. The molecule has 0 spiro atoms. The van der Waals surface area contributed by atoms with E-state index in [-0.39, 0.29) is 5.91 Å².